The first-order chi connectivity index (χ1) is 9.34. The highest BCUT2D eigenvalue weighted by Crippen LogP contribution is 1.97. The summed E-state index contributed by atoms with van der Waals surface area (Å²) in [6.07, 6.45) is 4.32. The zero-order valence-corrected chi connectivity index (χ0v) is 10.7. The molecule has 0 atom stereocenters. The lowest BCUT2D eigenvalue weighted by atomic mass is 10.2. The molecule has 0 aliphatic rings. The largest absolute Gasteiger partial charge is 0.338 e. The normalized spacial score (nSPS) is 9.89. The molecule has 2 N–H and O–H groups in total. The van der Waals surface area contributed by atoms with Gasteiger partial charge in [-0.2, -0.15) is 0 Å². The summed E-state index contributed by atoms with van der Waals surface area (Å²) in [5.74, 6) is 0. The number of nitrogens with one attached hydrogen (secondary N) is 2. The number of aromatic nitrogens is 1. The van der Waals surface area contributed by atoms with Crippen LogP contribution in [0.3, 0.4) is 0 Å². The Morgan fingerprint density at radius 3 is 2.42 bits per heavy atom. The molecule has 0 unspecified atom stereocenters. The number of hydrogen-bond donors (Lipinski definition) is 2. The predicted molar refractivity (Wildman–Crippen MR) is 74.6 cm³/mol. The van der Waals surface area contributed by atoms with E-state index in [4.69, 9.17) is 0 Å². The highest BCUT2D eigenvalue weighted by molar-refractivity contribution is 5.73. The average Bonchev–Trinajstić information content (AvgIpc) is 2.47. The highest BCUT2D eigenvalue weighted by atomic mass is 16.2. The molecule has 0 saturated heterocycles. The maximum Gasteiger partial charge on any atom is 0.315 e. The van der Waals surface area contributed by atoms with Crippen LogP contribution in [-0.2, 0) is 13.0 Å². The monoisotopic (exact) mass is 255 g/mol. The predicted octanol–water partition coefficient (Wildman–Crippen LogP) is 2.12. The Morgan fingerprint density at radius 2 is 1.68 bits per heavy atom. The Labute approximate surface area is 112 Å². The number of amides is 2. The third-order valence-electron chi connectivity index (χ3n) is 2.74. The van der Waals surface area contributed by atoms with Gasteiger partial charge in [0.2, 0.25) is 0 Å². The molecular formula is C15H17N3O. The van der Waals surface area contributed by atoms with Gasteiger partial charge >= 0.3 is 6.03 Å². The second kappa shape index (κ2) is 7.16. The van der Waals surface area contributed by atoms with Gasteiger partial charge in [0, 0.05) is 25.5 Å². The third kappa shape index (κ3) is 4.79. The van der Waals surface area contributed by atoms with Crippen LogP contribution >= 0.6 is 0 Å². The fourth-order valence-corrected chi connectivity index (χ4v) is 1.71. The second-order valence-corrected chi connectivity index (χ2v) is 4.20. The summed E-state index contributed by atoms with van der Waals surface area (Å²) in [6, 6.07) is 13.6. The molecule has 0 bridgehead atoms. The number of benzene rings is 1. The van der Waals surface area contributed by atoms with Crippen molar-refractivity contribution in [2.45, 2.75) is 13.0 Å². The van der Waals surface area contributed by atoms with Crippen molar-refractivity contribution in [3.8, 4) is 0 Å². The van der Waals surface area contributed by atoms with Gasteiger partial charge in [0.05, 0.1) is 0 Å². The molecule has 0 spiro atoms. The lowest BCUT2D eigenvalue weighted by molar-refractivity contribution is 0.240. The van der Waals surface area contributed by atoms with E-state index in [1.165, 1.54) is 5.56 Å². The maximum absolute atomic E-state index is 11.6. The highest BCUT2D eigenvalue weighted by Gasteiger charge is 1.99. The van der Waals surface area contributed by atoms with E-state index in [9.17, 15) is 4.79 Å². The van der Waals surface area contributed by atoms with Crippen LogP contribution < -0.4 is 10.6 Å². The molecule has 2 amide bonds. The molecule has 98 valence electrons. The van der Waals surface area contributed by atoms with Gasteiger partial charge < -0.3 is 10.6 Å². The molecule has 1 aromatic carbocycles. The van der Waals surface area contributed by atoms with Crippen LogP contribution in [0.1, 0.15) is 11.1 Å². The fourth-order valence-electron chi connectivity index (χ4n) is 1.71. The van der Waals surface area contributed by atoms with Gasteiger partial charge in [-0.05, 0) is 29.7 Å². The lowest BCUT2D eigenvalue weighted by Gasteiger charge is -2.07. The smallest absolute Gasteiger partial charge is 0.315 e. The number of pyridine rings is 1. The molecular weight excluding hydrogens is 238 g/mol. The number of urea groups is 1. The molecule has 0 fully saturated rings. The zero-order valence-electron chi connectivity index (χ0n) is 10.7. The van der Waals surface area contributed by atoms with E-state index >= 15 is 0 Å². The molecule has 1 heterocycles. The van der Waals surface area contributed by atoms with Crippen molar-refractivity contribution in [1.29, 1.82) is 0 Å². The van der Waals surface area contributed by atoms with Gasteiger partial charge in [0.1, 0.15) is 0 Å². The number of nitrogens with zero attached hydrogens (tertiary/aromatic N) is 1. The van der Waals surface area contributed by atoms with Crippen LogP contribution in [0.5, 0.6) is 0 Å². The molecule has 1 aromatic heterocycles. The Hall–Kier alpha value is -2.36. The zero-order chi connectivity index (χ0) is 13.3. The van der Waals surface area contributed by atoms with Crippen LogP contribution in [0.15, 0.2) is 54.9 Å². The fraction of sp³-hybridized carbons (Fsp3) is 0.200. The first-order valence-corrected chi connectivity index (χ1v) is 6.29. The van der Waals surface area contributed by atoms with Gasteiger partial charge in [-0.25, -0.2) is 4.79 Å². The van der Waals surface area contributed by atoms with Crippen molar-refractivity contribution in [2.75, 3.05) is 6.54 Å². The maximum atomic E-state index is 11.6. The Balaban J connectivity index is 1.65. The number of carbonyl (C=O) groups is 1. The summed E-state index contributed by atoms with van der Waals surface area (Å²) in [6.45, 7) is 1.16. The summed E-state index contributed by atoms with van der Waals surface area (Å²) in [4.78, 5) is 15.5. The molecule has 19 heavy (non-hydrogen) atoms. The van der Waals surface area contributed by atoms with E-state index in [0.29, 0.717) is 13.1 Å². The summed E-state index contributed by atoms with van der Waals surface area (Å²) in [5.41, 5.74) is 2.25. The van der Waals surface area contributed by atoms with Crippen molar-refractivity contribution < 1.29 is 4.79 Å². The van der Waals surface area contributed by atoms with Gasteiger partial charge in [-0.15, -0.1) is 0 Å². The van der Waals surface area contributed by atoms with Gasteiger partial charge in [-0.1, -0.05) is 30.3 Å². The summed E-state index contributed by atoms with van der Waals surface area (Å²) in [7, 11) is 0. The molecule has 2 rings (SSSR count). The quantitative estimate of drug-likeness (QED) is 0.860. The first kappa shape index (κ1) is 13.1. The standard InChI is InChI=1S/C15H17N3O/c19-15(18-12-14-4-2-1-3-5-14)17-11-8-13-6-9-16-10-7-13/h1-7,9-10H,8,11-12H2,(H2,17,18,19). The van der Waals surface area contributed by atoms with E-state index in [1.54, 1.807) is 12.4 Å². The minimum absolute atomic E-state index is 0.141. The summed E-state index contributed by atoms with van der Waals surface area (Å²) in [5, 5.41) is 5.65. The Morgan fingerprint density at radius 1 is 0.947 bits per heavy atom. The van der Waals surface area contributed by atoms with Gasteiger partial charge in [0.15, 0.2) is 0 Å². The number of carbonyl (C=O) groups excluding carboxylic acids is 1. The Kier molecular flexibility index (Phi) is 4.93. The molecule has 4 heteroatoms. The summed E-state index contributed by atoms with van der Waals surface area (Å²) < 4.78 is 0. The van der Waals surface area contributed by atoms with Crippen LogP contribution in [0.2, 0.25) is 0 Å². The van der Waals surface area contributed by atoms with Crippen molar-refractivity contribution in [2.24, 2.45) is 0 Å². The van der Waals surface area contributed by atoms with Crippen molar-refractivity contribution >= 4 is 6.03 Å². The Bertz CT molecular complexity index is 499. The SMILES string of the molecule is O=C(NCCc1ccncc1)NCc1ccccc1. The molecule has 4 nitrogen and oxygen atoms in total. The lowest BCUT2D eigenvalue weighted by Crippen LogP contribution is -2.36. The second-order valence-electron chi connectivity index (χ2n) is 4.20. The number of rotatable bonds is 5. The van der Waals surface area contributed by atoms with E-state index in [2.05, 4.69) is 15.6 Å². The van der Waals surface area contributed by atoms with E-state index < -0.39 is 0 Å². The topological polar surface area (TPSA) is 54.0 Å². The van der Waals surface area contributed by atoms with Crippen molar-refractivity contribution in [3.05, 3.63) is 66.0 Å². The minimum Gasteiger partial charge on any atom is -0.338 e. The third-order valence-corrected chi connectivity index (χ3v) is 2.74. The molecule has 0 aliphatic heterocycles. The van der Waals surface area contributed by atoms with Crippen molar-refractivity contribution in [3.63, 3.8) is 0 Å². The van der Waals surface area contributed by atoms with E-state index in [1.807, 2.05) is 42.5 Å². The summed E-state index contributed by atoms with van der Waals surface area (Å²) >= 11 is 0. The van der Waals surface area contributed by atoms with Crippen LogP contribution in [0.4, 0.5) is 4.79 Å². The van der Waals surface area contributed by atoms with Gasteiger partial charge in [-0.3, -0.25) is 4.98 Å². The molecule has 0 radical (unpaired) electrons. The molecule has 0 saturated carbocycles. The van der Waals surface area contributed by atoms with Gasteiger partial charge in [0.25, 0.3) is 0 Å². The van der Waals surface area contributed by atoms with E-state index in [-0.39, 0.29) is 6.03 Å². The van der Waals surface area contributed by atoms with Crippen LogP contribution in [0.25, 0.3) is 0 Å². The minimum atomic E-state index is -0.141. The first-order valence-electron chi connectivity index (χ1n) is 6.29. The number of hydrogen-bond acceptors (Lipinski definition) is 2. The average molecular weight is 255 g/mol. The molecule has 2 aromatic rings. The van der Waals surface area contributed by atoms with Crippen LogP contribution in [-0.4, -0.2) is 17.6 Å². The van der Waals surface area contributed by atoms with E-state index in [0.717, 1.165) is 12.0 Å². The van der Waals surface area contributed by atoms with Crippen LogP contribution in [0, 0.1) is 0 Å². The molecule has 0 aliphatic carbocycles. The van der Waals surface area contributed by atoms with Crippen molar-refractivity contribution in [1.82, 2.24) is 15.6 Å².